The number of carbonyl (C=O) groups is 1. The lowest BCUT2D eigenvalue weighted by molar-refractivity contribution is -0.108. The molecule has 0 saturated carbocycles. The predicted molar refractivity (Wildman–Crippen MR) is 79.1 cm³/mol. The monoisotopic (exact) mass is 385 g/mol. The van der Waals surface area contributed by atoms with Gasteiger partial charge in [0.15, 0.2) is 0 Å². The van der Waals surface area contributed by atoms with E-state index in [4.69, 9.17) is 0 Å². The molecule has 2 rings (SSSR count). The van der Waals surface area contributed by atoms with Crippen molar-refractivity contribution < 1.29 is 35.2 Å². The fourth-order valence-electron chi connectivity index (χ4n) is 3.16. The van der Waals surface area contributed by atoms with Gasteiger partial charge in [-0.05, 0) is 42.4 Å². The highest BCUT2D eigenvalue weighted by Crippen LogP contribution is 2.37. The Kier molecular flexibility index (Phi) is 5.82. The average Bonchev–Trinajstić information content (AvgIpc) is 2.50. The molecule has 0 spiro atoms. The van der Waals surface area contributed by atoms with E-state index in [2.05, 4.69) is 0 Å². The van der Waals surface area contributed by atoms with E-state index in [-0.39, 0.29) is 43.8 Å². The maximum Gasteiger partial charge on any atom is 0.511 e. The number of piperidine rings is 1. The highest BCUT2D eigenvalue weighted by Gasteiger charge is 2.50. The second-order valence-electron chi connectivity index (χ2n) is 5.90. The molecule has 0 N–H and O–H groups in total. The van der Waals surface area contributed by atoms with E-state index in [1.165, 1.54) is 0 Å². The predicted octanol–water partition coefficient (Wildman–Crippen LogP) is 3.20. The molecule has 1 aliphatic rings. The van der Waals surface area contributed by atoms with Crippen LogP contribution in [0.15, 0.2) is 18.2 Å². The third kappa shape index (κ3) is 4.35. The summed E-state index contributed by atoms with van der Waals surface area (Å²) in [6.45, 7) is -0.723. The van der Waals surface area contributed by atoms with Gasteiger partial charge in [-0.1, -0.05) is 0 Å². The molecular weight excluding hydrogens is 369 g/mol. The standard InChI is InChI=1S/C15H16F5NO3S/c16-12-7-11(8-13(17)9-12)14(3-6-22)10-1-4-21(5-2-10)25(23,24)15(18,19)20/h6-10,14H,1-5H2. The van der Waals surface area contributed by atoms with E-state index in [1.807, 2.05) is 0 Å². The molecule has 0 aromatic heterocycles. The first-order chi connectivity index (χ1) is 11.6. The molecule has 1 heterocycles. The van der Waals surface area contributed by atoms with Gasteiger partial charge in [-0.2, -0.15) is 17.5 Å². The van der Waals surface area contributed by atoms with Crippen molar-refractivity contribution in [2.24, 2.45) is 5.92 Å². The molecule has 10 heteroatoms. The molecular formula is C15H16F5NO3S. The van der Waals surface area contributed by atoms with E-state index in [1.54, 1.807) is 0 Å². The smallest absolute Gasteiger partial charge is 0.303 e. The molecule has 1 unspecified atom stereocenters. The first-order valence-electron chi connectivity index (χ1n) is 7.52. The molecule has 1 fully saturated rings. The highest BCUT2D eigenvalue weighted by atomic mass is 32.2. The quantitative estimate of drug-likeness (QED) is 0.578. The second-order valence-corrected chi connectivity index (χ2v) is 7.83. The summed E-state index contributed by atoms with van der Waals surface area (Å²) in [7, 11) is -5.40. The normalized spacial score (nSPS) is 18.9. The van der Waals surface area contributed by atoms with Crippen LogP contribution in [-0.4, -0.2) is 37.6 Å². The lowest BCUT2D eigenvalue weighted by Gasteiger charge is -2.35. The molecule has 4 nitrogen and oxygen atoms in total. The molecule has 0 radical (unpaired) electrons. The molecule has 0 amide bonds. The summed E-state index contributed by atoms with van der Waals surface area (Å²) in [4.78, 5) is 10.9. The summed E-state index contributed by atoms with van der Waals surface area (Å²) in [5.41, 5.74) is -5.13. The SMILES string of the molecule is O=CCC(c1cc(F)cc(F)c1)C1CCN(S(=O)(=O)C(F)(F)F)CC1. The fraction of sp³-hybridized carbons (Fsp3) is 0.533. The first-order valence-corrected chi connectivity index (χ1v) is 8.96. The Morgan fingerprint density at radius 1 is 1.12 bits per heavy atom. The van der Waals surface area contributed by atoms with Crippen molar-refractivity contribution >= 4 is 16.3 Å². The van der Waals surface area contributed by atoms with Gasteiger partial charge in [0, 0.05) is 25.6 Å². The van der Waals surface area contributed by atoms with Crippen LogP contribution in [0.5, 0.6) is 0 Å². The number of sulfonamides is 1. The summed E-state index contributed by atoms with van der Waals surface area (Å²) in [5.74, 6) is -2.57. The van der Waals surface area contributed by atoms with Crippen molar-refractivity contribution in [3.05, 3.63) is 35.4 Å². The fourth-order valence-corrected chi connectivity index (χ4v) is 4.14. The highest BCUT2D eigenvalue weighted by molar-refractivity contribution is 7.90. The second kappa shape index (κ2) is 7.36. The Morgan fingerprint density at radius 3 is 2.08 bits per heavy atom. The third-order valence-corrected chi connectivity index (χ3v) is 5.99. The zero-order valence-electron chi connectivity index (χ0n) is 13.0. The van der Waals surface area contributed by atoms with Gasteiger partial charge in [-0.3, -0.25) is 0 Å². The van der Waals surface area contributed by atoms with Crippen LogP contribution in [0.2, 0.25) is 0 Å². The molecule has 1 aliphatic heterocycles. The lowest BCUT2D eigenvalue weighted by Crippen LogP contribution is -2.45. The minimum atomic E-state index is -5.40. The van der Waals surface area contributed by atoms with Gasteiger partial charge in [0.05, 0.1) is 0 Å². The van der Waals surface area contributed by atoms with Gasteiger partial charge in [-0.25, -0.2) is 17.2 Å². The molecule has 1 saturated heterocycles. The zero-order valence-corrected chi connectivity index (χ0v) is 13.8. The minimum Gasteiger partial charge on any atom is -0.303 e. The number of carbonyl (C=O) groups excluding carboxylic acids is 1. The van der Waals surface area contributed by atoms with Gasteiger partial charge >= 0.3 is 15.5 Å². The van der Waals surface area contributed by atoms with E-state index in [0.29, 0.717) is 16.7 Å². The van der Waals surface area contributed by atoms with Crippen molar-refractivity contribution in [2.75, 3.05) is 13.1 Å². The number of hydrogen-bond acceptors (Lipinski definition) is 3. The number of hydrogen-bond donors (Lipinski definition) is 0. The lowest BCUT2D eigenvalue weighted by atomic mass is 9.79. The van der Waals surface area contributed by atoms with Crippen molar-refractivity contribution in [2.45, 2.75) is 30.7 Å². The topological polar surface area (TPSA) is 54.5 Å². The van der Waals surface area contributed by atoms with E-state index < -0.39 is 33.1 Å². The number of rotatable bonds is 5. The Balaban J connectivity index is 2.17. The third-order valence-electron chi connectivity index (χ3n) is 4.36. The van der Waals surface area contributed by atoms with E-state index in [9.17, 15) is 35.2 Å². The summed E-state index contributed by atoms with van der Waals surface area (Å²) >= 11 is 0. The zero-order chi connectivity index (χ0) is 18.8. The summed E-state index contributed by atoms with van der Waals surface area (Å²) in [6.07, 6.45) is 0.643. The van der Waals surface area contributed by atoms with Crippen LogP contribution >= 0.6 is 0 Å². The Morgan fingerprint density at radius 2 is 1.64 bits per heavy atom. The van der Waals surface area contributed by atoms with Crippen LogP contribution in [0.1, 0.15) is 30.7 Å². The van der Waals surface area contributed by atoms with E-state index in [0.717, 1.165) is 12.1 Å². The van der Waals surface area contributed by atoms with Gasteiger partial charge in [0.1, 0.15) is 17.9 Å². The van der Waals surface area contributed by atoms with Crippen molar-refractivity contribution in [3.8, 4) is 0 Å². The summed E-state index contributed by atoms with van der Waals surface area (Å²) in [5, 5.41) is 0. The molecule has 25 heavy (non-hydrogen) atoms. The van der Waals surface area contributed by atoms with Crippen molar-refractivity contribution in [1.82, 2.24) is 4.31 Å². The number of aldehydes is 1. The van der Waals surface area contributed by atoms with Crippen molar-refractivity contribution in [1.29, 1.82) is 0 Å². The van der Waals surface area contributed by atoms with Crippen molar-refractivity contribution in [3.63, 3.8) is 0 Å². The number of nitrogens with zero attached hydrogens (tertiary/aromatic N) is 1. The first kappa shape index (κ1) is 19.8. The van der Waals surface area contributed by atoms with Gasteiger partial charge in [-0.15, -0.1) is 0 Å². The number of halogens is 5. The van der Waals surface area contributed by atoms with Crippen LogP contribution in [0.25, 0.3) is 0 Å². The molecule has 0 aliphatic carbocycles. The van der Waals surface area contributed by atoms with Crippen LogP contribution in [0, 0.1) is 17.6 Å². The molecule has 140 valence electrons. The summed E-state index contributed by atoms with van der Waals surface area (Å²) < 4.78 is 87.8. The van der Waals surface area contributed by atoms with Gasteiger partial charge in [0.2, 0.25) is 0 Å². The Labute approximate surface area is 141 Å². The number of benzene rings is 1. The van der Waals surface area contributed by atoms with Crippen LogP contribution in [0.3, 0.4) is 0 Å². The molecule has 1 aromatic rings. The average molecular weight is 385 g/mol. The molecule has 1 aromatic carbocycles. The minimum absolute atomic E-state index is 0.0560. The van der Waals surface area contributed by atoms with Gasteiger partial charge < -0.3 is 4.79 Å². The van der Waals surface area contributed by atoms with E-state index >= 15 is 0 Å². The maximum atomic E-state index is 13.4. The largest absolute Gasteiger partial charge is 0.511 e. The van der Waals surface area contributed by atoms with Gasteiger partial charge in [0.25, 0.3) is 0 Å². The Bertz CT molecular complexity index is 707. The van der Waals surface area contributed by atoms with Crippen LogP contribution < -0.4 is 0 Å². The van der Waals surface area contributed by atoms with Crippen LogP contribution in [-0.2, 0) is 14.8 Å². The maximum absolute atomic E-state index is 13.4. The summed E-state index contributed by atoms with van der Waals surface area (Å²) in [6, 6.07) is 2.84. The molecule has 0 bridgehead atoms. The van der Waals surface area contributed by atoms with Crippen LogP contribution in [0.4, 0.5) is 22.0 Å². The Hall–Kier alpha value is -1.55. The molecule has 1 atom stereocenters. The number of alkyl halides is 3.